The number of Topliss-reactive ketones (excluding diaryl/α,β-unsaturated/α-hetero) is 1. The first-order chi connectivity index (χ1) is 7.31. The Hall–Kier alpha value is -1.16. The predicted molar refractivity (Wildman–Crippen MR) is 64.3 cm³/mol. The van der Waals surface area contributed by atoms with Crippen LogP contribution in [0.3, 0.4) is 0 Å². The summed E-state index contributed by atoms with van der Waals surface area (Å²) in [6.45, 7) is 8.27. The van der Waals surface area contributed by atoms with Crippen LogP contribution >= 0.6 is 0 Å². The van der Waals surface area contributed by atoms with Crippen molar-refractivity contribution >= 4 is 5.78 Å². The summed E-state index contributed by atoms with van der Waals surface area (Å²) in [5, 5.41) is 6.58. The third-order valence-electron chi connectivity index (χ3n) is 2.64. The quantitative estimate of drug-likeness (QED) is 0.767. The molecule has 0 bridgehead atoms. The first kappa shape index (κ1) is 12.9. The molecule has 1 unspecified atom stereocenters. The molecule has 4 nitrogen and oxygen atoms in total. The number of nitrogens with two attached hydrogens (primary N) is 1. The van der Waals surface area contributed by atoms with Gasteiger partial charge in [-0.3, -0.25) is 9.89 Å². The Morgan fingerprint density at radius 2 is 2.19 bits per heavy atom. The largest absolute Gasteiger partial charge is 0.321 e. The van der Waals surface area contributed by atoms with E-state index in [-0.39, 0.29) is 11.2 Å². The minimum absolute atomic E-state index is 0.0181. The van der Waals surface area contributed by atoms with Crippen LogP contribution in [0.5, 0.6) is 0 Å². The van der Waals surface area contributed by atoms with Crippen molar-refractivity contribution in [2.24, 2.45) is 11.1 Å². The van der Waals surface area contributed by atoms with Gasteiger partial charge in [-0.15, -0.1) is 0 Å². The molecule has 16 heavy (non-hydrogen) atoms. The van der Waals surface area contributed by atoms with E-state index >= 15 is 0 Å². The molecule has 0 aliphatic carbocycles. The molecular weight excluding hydrogens is 202 g/mol. The van der Waals surface area contributed by atoms with Crippen molar-refractivity contribution < 1.29 is 4.79 Å². The van der Waals surface area contributed by atoms with Crippen molar-refractivity contribution in [3.63, 3.8) is 0 Å². The summed E-state index contributed by atoms with van der Waals surface area (Å²) in [5.74, 6) is -0.0181. The van der Waals surface area contributed by atoms with Crippen LogP contribution in [0, 0.1) is 12.3 Å². The van der Waals surface area contributed by atoms with Crippen LogP contribution in [0.1, 0.15) is 49.7 Å². The Balaban J connectivity index is 2.59. The van der Waals surface area contributed by atoms with E-state index in [0.29, 0.717) is 12.0 Å². The number of aromatic amines is 1. The molecule has 1 aromatic rings. The van der Waals surface area contributed by atoms with Crippen LogP contribution in [0.15, 0.2) is 6.20 Å². The van der Waals surface area contributed by atoms with Crippen LogP contribution in [0.25, 0.3) is 0 Å². The van der Waals surface area contributed by atoms with Crippen LogP contribution < -0.4 is 5.73 Å². The molecule has 0 amide bonds. The first-order valence-electron chi connectivity index (χ1n) is 5.61. The summed E-state index contributed by atoms with van der Waals surface area (Å²) in [6, 6.07) is -0.421. The topological polar surface area (TPSA) is 71.8 Å². The molecule has 0 aliphatic heterocycles. The zero-order chi connectivity index (χ0) is 12.3. The highest BCUT2D eigenvalue weighted by Crippen LogP contribution is 2.22. The molecule has 0 fully saturated rings. The second-order valence-electron chi connectivity index (χ2n) is 5.48. The van der Waals surface area contributed by atoms with Crippen LogP contribution in [-0.4, -0.2) is 22.0 Å². The number of aryl methyl sites for hydroxylation is 1. The second kappa shape index (κ2) is 4.78. The lowest BCUT2D eigenvalue weighted by Gasteiger charge is -2.20. The summed E-state index contributed by atoms with van der Waals surface area (Å²) in [6.07, 6.45) is 3.21. The predicted octanol–water partition coefficient (Wildman–Crippen LogP) is 2.05. The monoisotopic (exact) mass is 223 g/mol. The molecule has 4 heteroatoms. The Morgan fingerprint density at radius 1 is 1.56 bits per heavy atom. The molecule has 90 valence electrons. The maximum absolute atomic E-state index is 12.0. The fourth-order valence-electron chi connectivity index (χ4n) is 1.52. The van der Waals surface area contributed by atoms with Gasteiger partial charge in [0.25, 0.3) is 0 Å². The van der Waals surface area contributed by atoms with Gasteiger partial charge in [0.1, 0.15) is 0 Å². The smallest absolute Gasteiger partial charge is 0.182 e. The first-order valence-corrected chi connectivity index (χ1v) is 5.61. The number of hydrogen-bond donors (Lipinski definition) is 2. The number of aromatic nitrogens is 2. The van der Waals surface area contributed by atoms with E-state index in [1.807, 2.05) is 6.92 Å². The Kier molecular flexibility index (Phi) is 3.86. The molecule has 0 saturated heterocycles. The summed E-state index contributed by atoms with van der Waals surface area (Å²) >= 11 is 0. The molecule has 1 rings (SSSR count). The van der Waals surface area contributed by atoms with Crippen LogP contribution in [0.2, 0.25) is 0 Å². The van der Waals surface area contributed by atoms with Gasteiger partial charge in [-0.05, 0) is 25.2 Å². The molecule has 1 heterocycles. The third-order valence-corrected chi connectivity index (χ3v) is 2.64. The van der Waals surface area contributed by atoms with Crippen molar-refractivity contribution in [3.8, 4) is 0 Å². The normalized spacial score (nSPS) is 13.8. The molecule has 0 aromatic carbocycles. The van der Waals surface area contributed by atoms with Crippen molar-refractivity contribution in [3.05, 3.63) is 17.5 Å². The Bertz CT molecular complexity index is 363. The molecule has 1 atom stereocenters. The van der Waals surface area contributed by atoms with Gasteiger partial charge in [-0.2, -0.15) is 5.10 Å². The number of carbonyl (C=O) groups excluding carboxylic acids is 1. The number of ketones is 1. The van der Waals surface area contributed by atoms with Gasteiger partial charge >= 0.3 is 0 Å². The Morgan fingerprint density at radius 3 is 2.62 bits per heavy atom. The fourth-order valence-corrected chi connectivity index (χ4v) is 1.52. The zero-order valence-corrected chi connectivity index (χ0v) is 10.5. The van der Waals surface area contributed by atoms with Crippen molar-refractivity contribution in [1.82, 2.24) is 10.2 Å². The number of carbonyl (C=O) groups is 1. The van der Waals surface area contributed by atoms with E-state index < -0.39 is 6.04 Å². The maximum Gasteiger partial charge on any atom is 0.182 e. The maximum atomic E-state index is 12.0. The standard InChI is InChI=1S/C12H21N3O/c1-8-9(7-14-15-8)11(16)10(13)5-6-12(2,3)4/h7,10H,5-6,13H2,1-4H3,(H,14,15). The van der Waals surface area contributed by atoms with Crippen molar-refractivity contribution in [1.29, 1.82) is 0 Å². The minimum atomic E-state index is -0.421. The van der Waals surface area contributed by atoms with E-state index in [9.17, 15) is 4.79 Å². The summed E-state index contributed by atoms with van der Waals surface area (Å²) < 4.78 is 0. The molecule has 0 aliphatic rings. The van der Waals surface area contributed by atoms with Crippen LogP contribution in [-0.2, 0) is 0 Å². The number of rotatable bonds is 4. The van der Waals surface area contributed by atoms with Gasteiger partial charge in [0.15, 0.2) is 5.78 Å². The van der Waals surface area contributed by atoms with E-state index in [4.69, 9.17) is 5.73 Å². The van der Waals surface area contributed by atoms with Gasteiger partial charge < -0.3 is 5.73 Å². The lowest BCUT2D eigenvalue weighted by molar-refractivity contribution is 0.0951. The van der Waals surface area contributed by atoms with E-state index in [1.165, 1.54) is 0 Å². The zero-order valence-electron chi connectivity index (χ0n) is 10.5. The summed E-state index contributed by atoms with van der Waals surface area (Å²) in [7, 11) is 0. The lowest BCUT2D eigenvalue weighted by atomic mass is 9.87. The SMILES string of the molecule is Cc1[nH]ncc1C(=O)C(N)CCC(C)(C)C. The molecule has 0 radical (unpaired) electrons. The lowest BCUT2D eigenvalue weighted by Crippen LogP contribution is -2.31. The number of H-pyrrole nitrogens is 1. The van der Waals surface area contributed by atoms with E-state index in [2.05, 4.69) is 31.0 Å². The third kappa shape index (κ3) is 3.45. The van der Waals surface area contributed by atoms with Gasteiger partial charge in [-0.1, -0.05) is 20.8 Å². The van der Waals surface area contributed by atoms with Gasteiger partial charge in [0.05, 0.1) is 17.8 Å². The summed E-state index contributed by atoms with van der Waals surface area (Å²) in [5.41, 5.74) is 7.51. The minimum Gasteiger partial charge on any atom is -0.321 e. The highest BCUT2D eigenvalue weighted by molar-refractivity contribution is 6.00. The number of hydrogen-bond acceptors (Lipinski definition) is 3. The molecular formula is C12H21N3O. The number of nitrogens with one attached hydrogen (secondary N) is 1. The molecule has 1 aromatic heterocycles. The van der Waals surface area contributed by atoms with Gasteiger partial charge in [0.2, 0.25) is 0 Å². The Labute approximate surface area is 96.6 Å². The average Bonchev–Trinajstić information content (AvgIpc) is 2.58. The van der Waals surface area contributed by atoms with Crippen LogP contribution in [0.4, 0.5) is 0 Å². The highest BCUT2D eigenvalue weighted by atomic mass is 16.1. The van der Waals surface area contributed by atoms with E-state index in [1.54, 1.807) is 6.20 Å². The molecule has 0 spiro atoms. The summed E-state index contributed by atoms with van der Waals surface area (Å²) in [4.78, 5) is 12.0. The fraction of sp³-hybridized carbons (Fsp3) is 0.667. The van der Waals surface area contributed by atoms with Gasteiger partial charge in [0, 0.05) is 5.69 Å². The molecule has 0 saturated carbocycles. The second-order valence-corrected chi connectivity index (χ2v) is 5.48. The van der Waals surface area contributed by atoms with Crippen molar-refractivity contribution in [2.45, 2.75) is 46.6 Å². The average molecular weight is 223 g/mol. The van der Waals surface area contributed by atoms with E-state index in [0.717, 1.165) is 12.1 Å². The molecule has 3 N–H and O–H groups in total. The highest BCUT2D eigenvalue weighted by Gasteiger charge is 2.21. The van der Waals surface area contributed by atoms with Crippen molar-refractivity contribution in [2.75, 3.05) is 0 Å². The van der Waals surface area contributed by atoms with Gasteiger partial charge in [-0.25, -0.2) is 0 Å². The number of nitrogens with zero attached hydrogens (tertiary/aromatic N) is 1.